The molecule has 9 heteroatoms. The van der Waals surface area contributed by atoms with Gasteiger partial charge in [-0.15, -0.1) is 0 Å². The number of rotatable bonds is 4. The first-order valence-electron chi connectivity index (χ1n) is 7.59. The van der Waals surface area contributed by atoms with Crippen molar-refractivity contribution in [2.45, 2.75) is 30.8 Å². The number of ether oxygens (including phenoxy) is 1. The fourth-order valence-electron chi connectivity index (χ4n) is 2.39. The highest BCUT2D eigenvalue weighted by Gasteiger charge is 2.33. The van der Waals surface area contributed by atoms with Gasteiger partial charge >= 0.3 is 0 Å². The monoisotopic (exact) mass is 371 g/mol. The van der Waals surface area contributed by atoms with Gasteiger partial charge in [-0.05, 0) is 18.2 Å². The van der Waals surface area contributed by atoms with Crippen LogP contribution in [0, 0.1) is 0 Å². The molecule has 1 saturated heterocycles. The van der Waals surface area contributed by atoms with Crippen molar-refractivity contribution in [3.05, 3.63) is 41.0 Å². The molecule has 1 aliphatic rings. The molecule has 3 rings (SSSR count). The smallest absolute Gasteiger partial charge is 0.243 e. The van der Waals surface area contributed by atoms with Crippen LogP contribution in [0.1, 0.15) is 37.6 Å². The van der Waals surface area contributed by atoms with E-state index in [2.05, 4.69) is 10.1 Å². The lowest BCUT2D eigenvalue weighted by Gasteiger charge is -2.30. The van der Waals surface area contributed by atoms with Crippen molar-refractivity contribution >= 4 is 21.6 Å². The molecule has 24 heavy (non-hydrogen) atoms. The molecule has 0 radical (unpaired) electrons. The summed E-state index contributed by atoms with van der Waals surface area (Å²) in [6.45, 7) is 4.53. The number of hydrogen-bond acceptors (Lipinski definition) is 6. The third kappa shape index (κ3) is 3.46. The molecule has 0 N–H and O–H groups in total. The van der Waals surface area contributed by atoms with Gasteiger partial charge in [-0.25, -0.2) is 8.42 Å². The number of aromatic nitrogens is 2. The normalized spacial score (nSPS) is 19.8. The van der Waals surface area contributed by atoms with Crippen molar-refractivity contribution < 1.29 is 17.7 Å². The molecule has 0 saturated carbocycles. The van der Waals surface area contributed by atoms with E-state index in [9.17, 15) is 8.42 Å². The second-order valence-corrected chi connectivity index (χ2v) is 8.20. The van der Waals surface area contributed by atoms with Gasteiger partial charge in [0.15, 0.2) is 0 Å². The van der Waals surface area contributed by atoms with Crippen LogP contribution in [0.2, 0.25) is 5.02 Å². The van der Waals surface area contributed by atoms with E-state index in [1.54, 1.807) is 12.1 Å². The minimum absolute atomic E-state index is 0.0983. The molecule has 1 aliphatic heterocycles. The van der Waals surface area contributed by atoms with Gasteiger partial charge in [-0.2, -0.15) is 9.29 Å². The lowest BCUT2D eigenvalue weighted by atomic mass is 10.2. The van der Waals surface area contributed by atoms with Crippen molar-refractivity contribution in [2.24, 2.45) is 0 Å². The van der Waals surface area contributed by atoms with Gasteiger partial charge < -0.3 is 9.26 Å². The number of morpholine rings is 1. The molecule has 1 aromatic carbocycles. The zero-order valence-electron chi connectivity index (χ0n) is 13.3. The highest BCUT2D eigenvalue weighted by Crippen LogP contribution is 2.27. The standard InChI is InChI=1S/C15H18ClN3O4S/c1-10(2)15-17-14(18-23-15)13-9-19(6-7-22-13)24(20,21)12-5-3-4-11(16)8-12/h3-5,8,10,13H,6-7,9H2,1-2H3/t13-/m1/s1. The Labute approximate surface area is 145 Å². The SMILES string of the molecule is CC(C)c1nc([C@H]2CN(S(=O)(=O)c3cccc(Cl)c3)CCO2)no1. The van der Waals surface area contributed by atoms with Gasteiger partial charge in [0, 0.05) is 24.0 Å². The average molecular weight is 372 g/mol. The summed E-state index contributed by atoms with van der Waals surface area (Å²) in [5.74, 6) is 0.967. The Balaban J connectivity index is 1.82. The van der Waals surface area contributed by atoms with E-state index in [4.69, 9.17) is 20.9 Å². The van der Waals surface area contributed by atoms with Crippen LogP contribution in [-0.2, 0) is 14.8 Å². The van der Waals surface area contributed by atoms with Gasteiger partial charge in [-0.3, -0.25) is 0 Å². The maximum Gasteiger partial charge on any atom is 0.243 e. The lowest BCUT2D eigenvalue weighted by Crippen LogP contribution is -2.42. The summed E-state index contributed by atoms with van der Waals surface area (Å²) in [7, 11) is -3.65. The summed E-state index contributed by atoms with van der Waals surface area (Å²) in [5, 5.41) is 4.29. The minimum Gasteiger partial charge on any atom is -0.367 e. The van der Waals surface area contributed by atoms with Crippen LogP contribution < -0.4 is 0 Å². The molecule has 1 atom stereocenters. The molecule has 2 aromatic rings. The molecule has 1 fully saturated rings. The third-order valence-electron chi connectivity index (χ3n) is 3.70. The maximum absolute atomic E-state index is 12.8. The summed E-state index contributed by atoms with van der Waals surface area (Å²) in [4.78, 5) is 4.45. The number of sulfonamides is 1. The Bertz CT molecular complexity index is 822. The van der Waals surface area contributed by atoms with E-state index in [0.717, 1.165) is 0 Å². The van der Waals surface area contributed by atoms with E-state index >= 15 is 0 Å². The Morgan fingerprint density at radius 1 is 1.38 bits per heavy atom. The summed E-state index contributed by atoms with van der Waals surface area (Å²) in [5.41, 5.74) is 0. The zero-order chi connectivity index (χ0) is 17.3. The molecule has 0 spiro atoms. The molecule has 130 valence electrons. The molecule has 0 amide bonds. The van der Waals surface area contributed by atoms with Gasteiger partial charge in [0.25, 0.3) is 0 Å². The number of hydrogen-bond donors (Lipinski definition) is 0. The van der Waals surface area contributed by atoms with Crippen LogP contribution in [0.15, 0.2) is 33.7 Å². The van der Waals surface area contributed by atoms with E-state index in [-0.39, 0.29) is 30.5 Å². The molecule has 1 aromatic heterocycles. The van der Waals surface area contributed by atoms with Crippen LogP contribution in [0.5, 0.6) is 0 Å². The van der Waals surface area contributed by atoms with Crippen molar-refractivity contribution in [3.8, 4) is 0 Å². The Morgan fingerprint density at radius 2 is 2.17 bits per heavy atom. The average Bonchev–Trinajstić information content (AvgIpc) is 3.05. The number of halogens is 1. The summed E-state index contributed by atoms with van der Waals surface area (Å²) in [6.07, 6.45) is -0.552. The van der Waals surface area contributed by atoms with Crippen LogP contribution in [0.3, 0.4) is 0 Å². The second kappa shape index (κ2) is 6.79. The van der Waals surface area contributed by atoms with Crippen molar-refractivity contribution in [3.63, 3.8) is 0 Å². The Hall–Kier alpha value is -1.48. The van der Waals surface area contributed by atoms with Crippen molar-refractivity contribution in [1.29, 1.82) is 0 Å². The number of nitrogens with zero attached hydrogens (tertiary/aromatic N) is 3. The fraction of sp³-hybridized carbons (Fsp3) is 0.467. The van der Waals surface area contributed by atoms with Gasteiger partial charge in [0.2, 0.25) is 21.7 Å². The van der Waals surface area contributed by atoms with Gasteiger partial charge in [0.05, 0.1) is 11.5 Å². The predicted octanol–water partition coefficient (Wildman–Crippen LogP) is 2.61. The lowest BCUT2D eigenvalue weighted by molar-refractivity contribution is -0.00859. The van der Waals surface area contributed by atoms with E-state index in [1.807, 2.05) is 13.8 Å². The second-order valence-electron chi connectivity index (χ2n) is 5.83. The summed E-state index contributed by atoms with van der Waals surface area (Å²) < 4.78 is 37.7. The molecular formula is C15H18ClN3O4S. The van der Waals surface area contributed by atoms with Crippen molar-refractivity contribution in [1.82, 2.24) is 14.4 Å². The molecule has 0 unspecified atom stereocenters. The minimum atomic E-state index is -3.65. The van der Waals surface area contributed by atoms with Crippen LogP contribution in [-0.4, -0.2) is 42.6 Å². The predicted molar refractivity (Wildman–Crippen MR) is 87.3 cm³/mol. The molecule has 2 heterocycles. The first kappa shape index (κ1) is 17.3. The molecular weight excluding hydrogens is 354 g/mol. The fourth-order valence-corrected chi connectivity index (χ4v) is 4.12. The maximum atomic E-state index is 12.8. The number of benzene rings is 1. The summed E-state index contributed by atoms with van der Waals surface area (Å²) in [6, 6.07) is 6.21. The van der Waals surface area contributed by atoms with Crippen LogP contribution in [0.25, 0.3) is 0 Å². The van der Waals surface area contributed by atoms with E-state index in [1.165, 1.54) is 16.4 Å². The van der Waals surface area contributed by atoms with E-state index < -0.39 is 16.1 Å². The van der Waals surface area contributed by atoms with Gasteiger partial charge in [0.1, 0.15) is 6.10 Å². The van der Waals surface area contributed by atoms with Crippen LogP contribution >= 0.6 is 11.6 Å². The zero-order valence-corrected chi connectivity index (χ0v) is 14.9. The topological polar surface area (TPSA) is 85.5 Å². The van der Waals surface area contributed by atoms with Crippen LogP contribution in [0.4, 0.5) is 0 Å². The third-order valence-corrected chi connectivity index (χ3v) is 5.80. The quantitative estimate of drug-likeness (QED) is 0.821. The Kier molecular flexibility index (Phi) is 4.91. The van der Waals surface area contributed by atoms with Crippen molar-refractivity contribution in [2.75, 3.05) is 19.7 Å². The highest BCUT2D eigenvalue weighted by atomic mass is 35.5. The van der Waals surface area contributed by atoms with E-state index in [0.29, 0.717) is 16.7 Å². The Morgan fingerprint density at radius 3 is 2.83 bits per heavy atom. The first-order chi connectivity index (χ1) is 11.4. The molecule has 7 nitrogen and oxygen atoms in total. The first-order valence-corrected chi connectivity index (χ1v) is 9.40. The summed E-state index contributed by atoms with van der Waals surface area (Å²) >= 11 is 5.91. The largest absolute Gasteiger partial charge is 0.367 e. The molecule has 0 aliphatic carbocycles. The highest BCUT2D eigenvalue weighted by molar-refractivity contribution is 7.89. The van der Waals surface area contributed by atoms with Gasteiger partial charge in [-0.1, -0.05) is 36.7 Å². The molecule has 0 bridgehead atoms.